The van der Waals surface area contributed by atoms with Crippen LogP contribution >= 0.6 is 0 Å². The summed E-state index contributed by atoms with van der Waals surface area (Å²) >= 11 is 0. The van der Waals surface area contributed by atoms with Gasteiger partial charge in [-0.2, -0.15) is 0 Å². The van der Waals surface area contributed by atoms with Crippen molar-refractivity contribution in [3.8, 4) is 0 Å². The molecule has 8 atom stereocenters. The molecular weight excluding hydrogens is 376 g/mol. The molecule has 0 bridgehead atoms. The van der Waals surface area contributed by atoms with E-state index in [0.717, 1.165) is 23.7 Å². The molecular formula is C26H42O4. The number of carboxylic acids is 2. The summed E-state index contributed by atoms with van der Waals surface area (Å²) < 4.78 is 0. The molecule has 4 aliphatic carbocycles. The van der Waals surface area contributed by atoms with Crippen LogP contribution in [0.15, 0.2) is 0 Å². The van der Waals surface area contributed by atoms with Crippen LogP contribution in [0.1, 0.15) is 97.8 Å². The third-order valence-corrected chi connectivity index (χ3v) is 10.9. The molecule has 4 rings (SSSR count). The van der Waals surface area contributed by atoms with Gasteiger partial charge in [-0.15, -0.1) is 0 Å². The van der Waals surface area contributed by atoms with Crippen molar-refractivity contribution in [1.29, 1.82) is 0 Å². The van der Waals surface area contributed by atoms with Gasteiger partial charge in [-0.05, 0) is 111 Å². The Balaban J connectivity index is 1.46. The maximum Gasteiger partial charge on any atom is 0.317 e. The molecule has 4 fully saturated rings. The summed E-state index contributed by atoms with van der Waals surface area (Å²) in [4.78, 5) is 22.6. The van der Waals surface area contributed by atoms with Gasteiger partial charge in [0.05, 0.1) is 0 Å². The summed E-state index contributed by atoms with van der Waals surface area (Å²) in [7, 11) is 0. The molecule has 0 aromatic carbocycles. The van der Waals surface area contributed by atoms with Crippen LogP contribution < -0.4 is 0 Å². The van der Waals surface area contributed by atoms with Crippen LogP contribution in [-0.2, 0) is 9.59 Å². The first-order chi connectivity index (χ1) is 14.2. The van der Waals surface area contributed by atoms with Gasteiger partial charge in [0.1, 0.15) is 0 Å². The molecule has 0 saturated heterocycles. The van der Waals surface area contributed by atoms with Crippen molar-refractivity contribution in [3.05, 3.63) is 0 Å². The highest BCUT2D eigenvalue weighted by atomic mass is 16.4. The van der Waals surface area contributed by atoms with E-state index >= 15 is 0 Å². The zero-order valence-electron chi connectivity index (χ0n) is 19.2. The number of aliphatic carboxylic acids is 2. The molecule has 0 radical (unpaired) electrons. The molecule has 0 spiro atoms. The molecule has 2 N–H and O–H groups in total. The molecule has 0 aromatic heterocycles. The maximum atomic E-state index is 11.3. The lowest BCUT2D eigenvalue weighted by molar-refractivity contribution is -0.155. The van der Waals surface area contributed by atoms with Gasteiger partial charge >= 0.3 is 11.9 Å². The largest absolute Gasteiger partial charge is 0.481 e. The highest BCUT2D eigenvalue weighted by Crippen LogP contribution is 2.68. The third kappa shape index (κ3) is 3.50. The average Bonchev–Trinajstić information content (AvgIpc) is 3.04. The Morgan fingerprint density at radius 3 is 2.23 bits per heavy atom. The van der Waals surface area contributed by atoms with Crippen molar-refractivity contribution in [3.63, 3.8) is 0 Å². The van der Waals surface area contributed by atoms with Gasteiger partial charge in [0.25, 0.3) is 0 Å². The minimum atomic E-state index is -1.25. The minimum Gasteiger partial charge on any atom is -0.481 e. The fourth-order valence-corrected chi connectivity index (χ4v) is 9.25. The van der Waals surface area contributed by atoms with Crippen molar-refractivity contribution < 1.29 is 19.8 Å². The normalized spacial score (nSPS) is 44.1. The monoisotopic (exact) mass is 418 g/mol. The first-order valence-corrected chi connectivity index (χ1v) is 12.6. The SMILES string of the molecule is C[C@H](CCC(C(=O)O)C(=O)O)C1CCC2[C@@H]3CC[C@@H]4CCCC[C@]4(C)C3CC[C@@]21C. The average molecular weight is 419 g/mol. The predicted molar refractivity (Wildman–Crippen MR) is 117 cm³/mol. The van der Waals surface area contributed by atoms with Crippen molar-refractivity contribution >= 4 is 11.9 Å². The lowest BCUT2D eigenvalue weighted by Gasteiger charge is -2.61. The summed E-state index contributed by atoms with van der Waals surface area (Å²) in [6, 6.07) is 0. The van der Waals surface area contributed by atoms with Crippen LogP contribution in [0.5, 0.6) is 0 Å². The summed E-state index contributed by atoms with van der Waals surface area (Å²) in [5.41, 5.74) is 0.933. The molecule has 4 heteroatoms. The zero-order chi connectivity index (χ0) is 21.7. The van der Waals surface area contributed by atoms with Gasteiger partial charge in [0.2, 0.25) is 0 Å². The second-order valence-electron chi connectivity index (χ2n) is 11.9. The van der Waals surface area contributed by atoms with E-state index in [0.29, 0.717) is 29.1 Å². The van der Waals surface area contributed by atoms with Gasteiger partial charge < -0.3 is 10.2 Å². The molecule has 4 nitrogen and oxygen atoms in total. The van der Waals surface area contributed by atoms with Gasteiger partial charge in [-0.25, -0.2) is 0 Å². The minimum absolute atomic E-state index is 0.259. The number of carboxylic acid groups (broad SMARTS) is 2. The number of hydrogen-bond acceptors (Lipinski definition) is 2. The van der Waals surface area contributed by atoms with Crippen LogP contribution in [0, 0.1) is 52.3 Å². The van der Waals surface area contributed by atoms with Crippen molar-refractivity contribution in [2.24, 2.45) is 52.3 Å². The van der Waals surface area contributed by atoms with E-state index in [1.54, 1.807) is 0 Å². The predicted octanol–water partition coefficient (Wildman–Crippen LogP) is 6.24. The van der Waals surface area contributed by atoms with Crippen LogP contribution in [0.2, 0.25) is 0 Å². The number of hydrogen-bond donors (Lipinski definition) is 2. The Morgan fingerprint density at radius 2 is 1.53 bits per heavy atom. The summed E-state index contributed by atoms with van der Waals surface area (Å²) in [6.07, 6.45) is 14.8. The molecule has 0 heterocycles. The Kier molecular flexibility index (Phi) is 6.00. The molecule has 3 unspecified atom stereocenters. The van der Waals surface area contributed by atoms with Gasteiger partial charge in [-0.1, -0.05) is 33.6 Å². The molecule has 0 aliphatic heterocycles. The lowest BCUT2D eigenvalue weighted by Crippen LogP contribution is -2.53. The van der Waals surface area contributed by atoms with Gasteiger partial charge in [0.15, 0.2) is 5.92 Å². The Labute approximate surface area is 182 Å². The fourth-order valence-electron chi connectivity index (χ4n) is 9.25. The maximum absolute atomic E-state index is 11.3. The first-order valence-electron chi connectivity index (χ1n) is 12.6. The topological polar surface area (TPSA) is 74.6 Å². The number of fused-ring (bicyclic) bond motifs is 5. The van der Waals surface area contributed by atoms with Crippen molar-refractivity contribution in [2.45, 2.75) is 97.8 Å². The van der Waals surface area contributed by atoms with E-state index in [2.05, 4.69) is 20.8 Å². The second kappa shape index (κ2) is 8.13. The molecule has 0 aromatic rings. The first kappa shape index (κ1) is 22.1. The quantitative estimate of drug-likeness (QED) is 0.501. The summed E-state index contributed by atoms with van der Waals surface area (Å²) in [5.74, 6) is 0.942. The standard InChI is InChI=1S/C26H42O4/c1-16(7-9-19(23(27)28)24(29)30)20-11-12-21-18-10-8-17-6-4-5-14-25(17,2)22(18)13-15-26(20,21)3/h16-22H,4-15H2,1-3H3,(H,27,28)(H,29,30)/t16-,17+,18+,20?,21?,22?,25+,26-/m1/s1. The van der Waals surface area contributed by atoms with Crippen molar-refractivity contribution in [1.82, 2.24) is 0 Å². The molecule has 4 saturated carbocycles. The third-order valence-electron chi connectivity index (χ3n) is 10.9. The zero-order valence-corrected chi connectivity index (χ0v) is 19.2. The van der Waals surface area contributed by atoms with E-state index in [1.807, 2.05) is 0 Å². The van der Waals surface area contributed by atoms with Gasteiger partial charge in [0, 0.05) is 0 Å². The Bertz CT molecular complexity index is 660. The smallest absolute Gasteiger partial charge is 0.317 e. The fraction of sp³-hybridized carbons (Fsp3) is 0.923. The molecule has 0 amide bonds. The van der Waals surface area contributed by atoms with E-state index in [-0.39, 0.29) is 6.42 Å². The summed E-state index contributed by atoms with van der Waals surface area (Å²) in [5, 5.41) is 18.5. The van der Waals surface area contributed by atoms with E-state index in [1.165, 1.54) is 64.2 Å². The van der Waals surface area contributed by atoms with Crippen LogP contribution in [0.4, 0.5) is 0 Å². The molecule has 4 aliphatic rings. The van der Waals surface area contributed by atoms with Crippen LogP contribution in [-0.4, -0.2) is 22.2 Å². The molecule has 170 valence electrons. The molecule has 30 heavy (non-hydrogen) atoms. The Morgan fingerprint density at radius 1 is 0.833 bits per heavy atom. The van der Waals surface area contributed by atoms with Crippen molar-refractivity contribution in [2.75, 3.05) is 0 Å². The highest BCUT2D eigenvalue weighted by Gasteiger charge is 2.60. The lowest BCUT2D eigenvalue weighted by atomic mass is 9.44. The second-order valence-corrected chi connectivity index (χ2v) is 11.9. The number of rotatable bonds is 6. The summed E-state index contributed by atoms with van der Waals surface area (Å²) in [6.45, 7) is 7.41. The van der Waals surface area contributed by atoms with Crippen LogP contribution in [0.25, 0.3) is 0 Å². The van der Waals surface area contributed by atoms with E-state index < -0.39 is 17.9 Å². The van der Waals surface area contributed by atoms with E-state index in [9.17, 15) is 19.8 Å². The Hall–Kier alpha value is -1.06. The van der Waals surface area contributed by atoms with Crippen LogP contribution in [0.3, 0.4) is 0 Å². The highest BCUT2D eigenvalue weighted by molar-refractivity contribution is 5.92. The number of carbonyl (C=O) groups is 2. The van der Waals surface area contributed by atoms with E-state index in [4.69, 9.17) is 0 Å². The van der Waals surface area contributed by atoms with Gasteiger partial charge in [-0.3, -0.25) is 9.59 Å².